The van der Waals surface area contributed by atoms with Crippen LogP contribution in [0.4, 0.5) is 4.39 Å². The van der Waals surface area contributed by atoms with Crippen molar-refractivity contribution in [1.29, 1.82) is 0 Å². The second-order valence-corrected chi connectivity index (χ2v) is 7.74. The molecule has 31 heavy (non-hydrogen) atoms. The zero-order chi connectivity index (χ0) is 21.6. The number of hydrogen-bond acceptors (Lipinski definition) is 2. The van der Waals surface area contributed by atoms with E-state index in [1.54, 1.807) is 17.0 Å². The Bertz CT molecular complexity index is 1000. The number of halogens is 1. The molecule has 2 amide bonds. The number of benzene rings is 3. The molecule has 4 nitrogen and oxygen atoms in total. The third-order valence-corrected chi connectivity index (χ3v) is 5.68. The molecule has 0 aromatic heterocycles. The van der Waals surface area contributed by atoms with Gasteiger partial charge in [0.25, 0.3) is 5.91 Å². The van der Waals surface area contributed by atoms with Gasteiger partial charge in [-0.2, -0.15) is 0 Å². The number of nitrogens with zero attached hydrogens (tertiary/aromatic N) is 2. The predicted octanol–water partition coefficient (Wildman–Crippen LogP) is 4.33. The molecule has 1 saturated heterocycles. The van der Waals surface area contributed by atoms with E-state index in [1.807, 2.05) is 65.6 Å². The molecule has 5 heteroatoms. The van der Waals surface area contributed by atoms with Gasteiger partial charge in [0.15, 0.2) is 0 Å². The van der Waals surface area contributed by atoms with Crippen LogP contribution in [0.15, 0.2) is 84.9 Å². The maximum atomic E-state index is 13.6. The summed E-state index contributed by atoms with van der Waals surface area (Å²) in [5.41, 5.74) is 2.25. The van der Waals surface area contributed by atoms with Crippen molar-refractivity contribution in [3.05, 3.63) is 107 Å². The summed E-state index contributed by atoms with van der Waals surface area (Å²) in [5, 5.41) is 0. The van der Waals surface area contributed by atoms with Gasteiger partial charge < -0.3 is 9.80 Å². The molecule has 0 unspecified atom stereocenters. The minimum Gasteiger partial charge on any atom is -0.340 e. The third kappa shape index (κ3) is 4.82. The molecule has 158 valence electrons. The lowest BCUT2D eigenvalue weighted by atomic mass is 9.90. The van der Waals surface area contributed by atoms with Gasteiger partial charge in [0, 0.05) is 31.7 Å². The lowest BCUT2D eigenvalue weighted by Crippen LogP contribution is -2.39. The van der Waals surface area contributed by atoms with Crippen LogP contribution in [0.1, 0.15) is 33.8 Å². The average molecular weight is 416 g/mol. The highest BCUT2D eigenvalue weighted by molar-refractivity contribution is 5.94. The van der Waals surface area contributed by atoms with Gasteiger partial charge in [-0.05, 0) is 35.7 Å². The van der Waals surface area contributed by atoms with Crippen molar-refractivity contribution in [3.8, 4) is 0 Å². The third-order valence-electron chi connectivity index (χ3n) is 5.68. The van der Waals surface area contributed by atoms with Crippen LogP contribution in [0.2, 0.25) is 0 Å². The van der Waals surface area contributed by atoms with Crippen LogP contribution in [0, 0.1) is 5.82 Å². The van der Waals surface area contributed by atoms with Gasteiger partial charge in [-0.25, -0.2) is 4.39 Å². The maximum Gasteiger partial charge on any atom is 0.254 e. The smallest absolute Gasteiger partial charge is 0.254 e. The van der Waals surface area contributed by atoms with E-state index in [1.165, 1.54) is 12.1 Å². The van der Waals surface area contributed by atoms with Gasteiger partial charge in [0.2, 0.25) is 5.91 Å². The normalized spacial score (nSPS) is 14.4. The predicted molar refractivity (Wildman–Crippen MR) is 118 cm³/mol. The molecule has 1 heterocycles. The summed E-state index contributed by atoms with van der Waals surface area (Å²) in [5.74, 6) is -0.965. The minimum absolute atomic E-state index is 0.0393. The Kier molecular flexibility index (Phi) is 6.41. The first-order valence-electron chi connectivity index (χ1n) is 10.6. The van der Waals surface area contributed by atoms with Gasteiger partial charge >= 0.3 is 0 Å². The molecule has 3 aromatic carbocycles. The zero-order valence-electron chi connectivity index (χ0n) is 17.3. The molecule has 0 spiro atoms. The summed E-state index contributed by atoms with van der Waals surface area (Å²) in [6.07, 6.45) is 0.684. The van der Waals surface area contributed by atoms with Crippen LogP contribution in [0.3, 0.4) is 0 Å². The first kappa shape index (κ1) is 20.8. The molecule has 1 fully saturated rings. The van der Waals surface area contributed by atoms with Gasteiger partial charge in [-0.15, -0.1) is 0 Å². The molecular formula is C26H25FN2O2. The Morgan fingerprint density at radius 2 is 1.29 bits per heavy atom. The fourth-order valence-electron chi connectivity index (χ4n) is 4.10. The Morgan fingerprint density at radius 1 is 0.710 bits per heavy atom. The van der Waals surface area contributed by atoms with E-state index in [0.717, 1.165) is 11.1 Å². The highest BCUT2D eigenvalue weighted by Gasteiger charge is 2.29. The molecule has 0 radical (unpaired) electrons. The van der Waals surface area contributed by atoms with Crippen LogP contribution in [-0.4, -0.2) is 47.8 Å². The van der Waals surface area contributed by atoms with E-state index in [2.05, 4.69) is 0 Å². The first-order valence-corrected chi connectivity index (χ1v) is 10.6. The molecule has 4 rings (SSSR count). The lowest BCUT2D eigenvalue weighted by Gasteiger charge is -2.27. The Balaban J connectivity index is 1.52. The van der Waals surface area contributed by atoms with Gasteiger partial charge in [0.05, 0.1) is 5.92 Å². The van der Waals surface area contributed by atoms with E-state index in [9.17, 15) is 14.0 Å². The molecule has 0 saturated carbocycles. The number of amides is 2. The molecular weight excluding hydrogens is 391 g/mol. The minimum atomic E-state index is -0.425. The van der Waals surface area contributed by atoms with Gasteiger partial charge in [-0.1, -0.05) is 66.7 Å². The summed E-state index contributed by atoms with van der Waals surface area (Å²) >= 11 is 0. The van der Waals surface area contributed by atoms with Gasteiger partial charge in [-0.3, -0.25) is 9.59 Å². The molecule has 1 aliphatic heterocycles. The van der Waals surface area contributed by atoms with E-state index in [-0.39, 0.29) is 17.7 Å². The molecule has 3 aromatic rings. The van der Waals surface area contributed by atoms with Gasteiger partial charge in [0.1, 0.15) is 5.82 Å². The topological polar surface area (TPSA) is 40.6 Å². The fraction of sp³-hybridized carbons (Fsp3) is 0.231. The van der Waals surface area contributed by atoms with E-state index in [4.69, 9.17) is 0 Å². The Hall–Kier alpha value is -3.47. The summed E-state index contributed by atoms with van der Waals surface area (Å²) in [6.45, 7) is 2.01. The largest absolute Gasteiger partial charge is 0.340 e. The van der Waals surface area contributed by atoms with E-state index < -0.39 is 5.82 Å². The number of carbonyl (C=O) groups is 2. The standard InChI is InChI=1S/C26H25FN2O2/c27-23-14-7-13-22(19-23)25(30)28-15-8-16-29(18-17-28)26(31)24(20-9-3-1-4-10-20)21-11-5-2-6-12-21/h1-7,9-14,19,24H,8,15-18H2. The average Bonchev–Trinajstić information content (AvgIpc) is 3.06. The SMILES string of the molecule is O=C(c1cccc(F)c1)N1CCCN(C(=O)C(c2ccccc2)c2ccccc2)CC1. The quantitative estimate of drug-likeness (QED) is 0.635. The maximum absolute atomic E-state index is 13.6. The van der Waals surface area contributed by atoms with Crippen LogP contribution < -0.4 is 0 Å². The van der Waals surface area contributed by atoms with Crippen molar-refractivity contribution >= 4 is 11.8 Å². The van der Waals surface area contributed by atoms with Crippen LogP contribution in [0.5, 0.6) is 0 Å². The lowest BCUT2D eigenvalue weighted by molar-refractivity contribution is -0.131. The van der Waals surface area contributed by atoms with Crippen LogP contribution >= 0.6 is 0 Å². The molecule has 0 atom stereocenters. The van der Waals surface area contributed by atoms with E-state index >= 15 is 0 Å². The Morgan fingerprint density at radius 3 is 1.90 bits per heavy atom. The number of carbonyl (C=O) groups excluding carboxylic acids is 2. The molecule has 1 aliphatic rings. The van der Waals surface area contributed by atoms with Crippen molar-refractivity contribution in [3.63, 3.8) is 0 Å². The van der Waals surface area contributed by atoms with Crippen molar-refractivity contribution in [1.82, 2.24) is 9.80 Å². The van der Waals surface area contributed by atoms with Crippen molar-refractivity contribution in [2.75, 3.05) is 26.2 Å². The molecule has 0 N–H and O–H groups in total. The second kappa shape index (κ2) is 9.56. The summed E-state index contributed by atoms with van der Waals surface area (Å²) < 4.78 is 13.5. The highest BCUT2D eigenvalue weighted by Crippen LogP contribution is 2.27. The highest BCUT2D eigenvalue weighted by atomic mass is 19.1. The first-order chi connectivity index (χ1) is 15.1. The summed E-state index contributed by atoms with van der Waals surface area (Å²) in [7, 11) is 0. The number of hydrogen-bond donors (Lipinski definition) is 0. The van der Waals surface area contributed by atoms with Crippen LogP contribution in [0.25, 0.3) is 0 Å². The van der Waals surface area contributed by atoms with Crippen molar-refractivity contribution in [2.24, 2.45) is 0 Å². The monoisotopic (exact) mass is 416 g/mol. The van der Waals surface area contributed by atoms with Crippen LogP contribution in [-0.2, 0) is 4.79 Å². The van der Waals surface area contributed by atoms with E-state index in [0.29, 0.717) is 38.2 Å². The summed E-state index contributed by atoms with van der Waals surface area (Å²) in [4.78, 5) is 30.0. The van der Waals surface area contributed by atoms with Crippen molar-refractivity contribution < 1.29 is 14.0 Å². The zero-order valence-corrected chi connectivity index (χ0v) is 17.3. The molecule has 0 aliphatic carbocycles. The second-order valence-electron chi connectivity index (χ2n) is 7.74. The summed E-state index contributed by atoms with van der Waals surface area (Å²) in [6, 6.07) is 25.3. The molecule has 0 bridgehead atoms. The fourth-order valence-corrected chi connectivity index (χ4v) is 4.10. The number of rotatable bonds is 4. The van der Waals surface area contributed by atoms with Crippen molar-refractivity contribution in [2.45, 2.75) is 12.3 Å². The Labute approximate surface area is 181 Å².